The van der Waals surface area contributed by atoms with Crippen LogP contribution in [0.15, 0.2) is 12.3 Å². The number of nitrogens with zero attached hydrogens (tertiary/aromatic N) is 1. The third-order valence-electron chi connectivity index (χ3n) is 4.38. The van der Waals surface area contributed by atoms with Gasteiger partial charge in [0.1, 0.15) is 0 Å². The zero-order chi connectivity index (χ0) is 15.3. The van der Waals surface area contributed by atoms with Crippen LogP contribution < -0.4 is 14.9 Å². The van der Waals surface area contributed by atoms with Crippen molar-refractivity contribution in [2.75, 3.05) is 7.11 Å². The molecule has 0 amide bonds. The van der Waals surface area contributed by atoms with Crippen LogP contribution in [-0.4, -0.2) is 36.5 Å². The van der Waals surface area contributed by atoms with E-state index in [0.29, 0.717) is 11.6 Å². The summed E-state index contributed by atoms with van der Waals surface area (Å²) < 4.78 is 23.2. The third kappa shape index (κ3) is 2.74. The number of hydrogen-bond donors (Lipinski definition) is 0. The highest BCUT2D eigenvalue weighted by molar-refractivity contribution is 6.62. The fourth-order valence-electron chi connectivity index (χ4n) is 2.16. The Hall–Kier alpha value is -1.27. The fraction of sp³-hybridized carbons (Fsp3) is 0.667. The van der Waals surface area contributed by atoms with Gasteiger partial charge in [-0.2, -0.15) is 0 Å². The summed E-state index contributed by atoms with van der Waals surface area (Å²) in [4.78, 5) is 4.31. The number of hydrogen-bond acceptors (Lipinski definition) is 5. The molecule has 1 saturated heterocycles. The second kappa shape index (κ2) is 4.88. The Morgan fingerprint density at radius 2 is 1.81 bits per heavy atom. The van der Waals surface area contributed by atoms with E-state index in [0.717, 1.165) is 18.3 Å². The first-order chi connectivity index (χ1) is 9.82. The van der Waals surface area contributed by atoms with Gasteiger partial charge in [-0.15, -0.1) is 0 Å². The first kappa shape index (κ1) is 14.7. The number of pyridine rings is 1. The molecule has 1 aromatic rings. The molecular weight excluding hydrogens is 269 g/mol. The molecule has 0 N–H and O–H groups in total. The van der Waals surface area contributed by atoms with Crippen molar-refractivity contribution in [3.63, 3.8) is 0 Å². The Kier molecular flexibility index (Phi) is 3.41. The van der Waals surface area contributed by atoms with Gasteiger partial charge in [-0.25, -0.2) is 4.98 Å². The lowest BCUT2D eigenvalue weighted by Crippen LogP contribution is -2.41. The molecule has 1 aliphatic heterocycles. The van der Waals surface area contributed by atoms with E-state index in [1.165, 1.54) is 0 Å². The maximum Gasteiger partial charge on any atom is 0.496 e. The highest BCUT2D eigenvalue weighted by Gasteiger charge is 2.52. The molecule has 1 saturated carbocycles. The van der Waals surface area contributed by atoms with E-state index in [4.69, 9.17) is 18.8 Å². The lowest BCUT2D eigenvalue weighted by Gasteiger charge is -2.32. The van der Waals surface area contributed by atoms with Crippen LogP contribution in [0.5, 0.6) is 11.6 Å². The Morgan fingerprint density at radius 1 is 1.19 bits per heavy atom. The zero-order valence-electron chi connectivity index (χ0n) is 13.3. The van der Waals surface area contributed by atoms with Crippen molar-refractivity contribution in [3.05, 3.63) is 12.3 Å². The lowest BCUT2D eigenvalue weighted by molar-refractivity contribution is 0.00578. The number of rotatable bonds is 4. The van der Waals surface area contributed by atoms with Crippen molar-refractivity contribution < 1.29 is 18.8 Å². The first-order valence-electron chi connectivity index (χ1n) is 7.38. The van der Waals surface area contributed by atoms with Gasteiger partial charge in [-0.1, -0.05) is 0 Å². The van der Waals surface area contributed by atoms with Crippen molar-refractivity contribution >= 4 is 12.6 Å². The molecule has 5 nitrogen and oxygen atoms in total. The van der Waals surface area contributed by atoms with Crippen molar-refractivity contribution in [2.24, 2.45) is 0 Å². The monoisotopic (exact) mass is 291 g/mol. The number of methoxy groups -OCH3 is 1. The van der Waals surface area contributed by atoms with Crippen molar-refractivity contribution in [3.8, 4) is 11.6 Å². The van der Waals surface area contributed by atoms with Crippen LogP contribution in [0.2, 0.25) is 0 Å². The molecule has 1 aromatic heterocycles. The topological polar surface area (TPSA) is 49.8 Å². The van der Waals surface area contributed by atoms with Gasteiger partial charge in [0.2, 0.25) is 0 Å². The average Bonchev–Trinajstić information content (AvgIpc) is 3.17. The summed E-state index contributed by atoms with van der Waals surface area (Å²) in [5.41, 5.74) is 0.120. The average molecular weight is 291 g/mol. The van der Waals surface area contributed by atoms with Crippen LogP contribution in [0.1, 0.15) is 40.5 Å². The molecule has 6 heteroatoms. The zero-order valence-corrected chi connectivity index (χ0v) is 13.3. The van der Waals surface area contributed by atoms with Gasteiger partial charge in [0.15, 0.2) is 5.75 Å². The van der Waals surface area contributed by atoms with Crippen molar-refractivity contribution in [2.45, 2.75) is 57.8 Å². The maximum absolute atomic E-state index is 6.04. The Labute approximate surface area is 126 Å². The lowest BCUT2D eigenvalue weighted by atomic mass is 9.80. The van der Waals surface area contributed by atoms with Gasteiger partial charge in [-0.3, -0.25) is 0 Å². The van der Waals surface area contributed by atoms with E-state index in [-0.39, 0.29) is 17.3 Å². The Bertz CT molecular complexity index is 526. The summed E-state index contributed by atoms with van der Waals surface area (Å²) in [5.74, 6) is 1.16. The summed E-state index contributed by atoms with van der Waals surface area (Å²) in [7, 11) is 1.16. The molecule has 2 aliphatic rings. The summed E-state index contributed by atoms with van der Waals surface area (Å²) in [6.45, 7) is 8.13. The van der Waals surface area contributed by atoms with Crippen LogP contribution >= 0.6 is 0 Å². The van der Waals surface area contributed by atoms with Gasteiger partial charge in [0.25, 0.3) is 5.88 Å². The van der Waals surface area contributed by atoms with Crippen LogP contribution in [-0.2, 0) is 9.31 Å². The molecule has 0 bridgehead atoms. The van der Waals surface area contributed by atoms with Crippen LogP contribution in [0.4, 0.5) is 0 Å². The number of ether oxygens (including phenoxy) is 2. The summed E-state index contributed by atoms with van der Waals surface area (Å²) in [6, 6.07) is 1.91. The van der Waals surface area contributed by atoms with E-state index < -0.39 is 7.12 Å². The molecule has 1 aliphatic carbocycles. The SMILES string of the molecule is COc1ncc(B2OC(C)(C)C(C)(C)O2)cc1OC1CC1. The van der Waals surface area contributed by atoms with Gasteiger partial charge in [0, 0.05) is 11.7 Å². The highest BCUT2D eigenvalue weighted by atomic mass is 16.7. The molecule has 3 rings (SSSR count). The normalized spacial score (nSPS) is 23.2. The molecule has 0 unspecified atom stereocenters. The van der Waals surface area contributed by atoms with E-state index in [1.807, 2.05) is 33.8 Å². The van der Waals surface area contributed by atoms with E-state index >= 15 is 0 Å². The predicted octanol–water partition coefficient (Wildman–Crippen LogP) is 1.93. The van der Waals surface area contributed by atoms with Gasteiger partial charge in [-0.05, 0) is 46.6 Å². The fourth-order valence-corrected chi connectivity index (χ4v) is 2.16. The van der Waals surface area contributed by atoms with Crippen LogP contribution in [0.25, 0.3) is 0 Å². The van der Waals surface area contributed by atoms with E-state index in [9.17, 15) is 0 Å². The second-order valence-electron chi connectivity index (χ2n) is 6.68. The molecule has 0 aromatic carbocycles. The largest absolute Gasteiger partial charge is 0.496 e. The van der Waals surface area contributed by atoms with Crippen molar-refractivity contribution in [1.29, 1.82) is 0 Å². The Morgan fingerprint density at radius 3 is 2.33 bits per heavy atom. The van der Waals surface area contributed by atoms with Crippen molar-refractivity contribution in [1.82, 2.24) is 4.98 Å². The highest BCUT2D eigenvalue weighted by Crippen LogP contribution is 2.37. The molecule has 0 atom stereocenters. The minimum Gasteiger partial charge on any atom is -0.485 e. The molecule has 0 radical (unpaired) electrons. The first-order valence-corrected chi connectivity index (χ1v) is 7.38. The van der Waals surface area contributed by atoms with E-state index in [1.54, 1.807) is 13.3 Å². The molecule has 21 heavy (non-hydrogen) atoms. The minimum atomic E-state index is -0.435. The molecule has 2 fully saturated rings. The van der Waals surface area contributed by atoms with Gasteiger partial charge < -0.3 is 18.8 Å². The minimum absolute atomic E-state index is 0.286. The predicted molar refractivity (Wildman–Crippen MR) is 80.2 cm³/mol. The maximum atomic E-state index is 6.04. The molecular formula is C15H22BNO4. The summed E-state index contributed by atoms with van der Waals surface area (Å²) in [5, 5.41) is 0. The molecule has 0 spiro atoms. The van der Waals surface area contributed by atoms with E-state index in [2.05, 4.69) is 4.98 Å². The number of aromatic nitrogens is 1. The standard InChI is InChI=1S/C15H22BNO4/c1-14(2)15(3,4)21-16(20-14)10-8-12(19-11-6-7-11)13(18-5)17-9-10/h8-9,11H,6-7H2,1-5H3. The van der Waals surface area contributed by atoms with Gasteiger partial charge >= 0.3 is 7.12 Å². The molecule has 114 valence electrons. The quantitative estimate of drug-likeness (QED) is 0.793. The summed E-state index contributed by atoms with van der Waals surface area (Å²) in [6.07, 6.45) is 4.18. The molecule has 2 heterocycles. The van der Waals surface area contributed by atoms with Gasteiger partial charge in [0.05, 0.1) is 24.4 Å². The second-order valence-corrected chi connectivity index (χ2v) is 6.68. The Balaban J connectivity index is 1.86. The summed E-state index contributed by atoms with van der Waals surface area (Å²) >= 11 is 0. The smallest absolute Gasteiger partial charge is 0.485 e. The third-order valence-corrected chi connectivity index (χ3v) is 4.38. The van der Waals surface area contributed by atoms with Crippen LogP contribution in [0.3, 0.4) is 0 Å². The van der Waals surface area contributed by atoms with Crippen LogP contribution in [0, 0.1) is 0 Å².